The molecule has 15 heavy (non-hydrogen) atoms. The minimum atomic E-state index is 0.637. The molecule has 90 valence electrons. The Morgan fingerprint density at radius 1 is 1.40 bits per heavy atom. The molecule has 0 aromatic rings. The van der Waals surface area contributed by atoms with Crippen LogP contribution < -0.4 is 5.32 Å². The van der Waals surface area contributed by atoms with Gasteiger partial charge in [0.25, 0.3) is 0 Å². The molecule has 1 heterocycles. The topological polar surface area (TPSA) is 15.3 Å². The first-order valence-corrected chi connectivity index (χ1v) is 6.54. The number of likely N-dealkylation sites (tertiary alicyclic amines) is 1. The highest BCUT2D eigenvalue weighted by molar-refractivity contribution is 4.87. The normalized spacial score (nSPS) is 32.6. The Morgan fingerprint density at radius 3 is 2.60 bits per heavy atom. The first-order valence-electron chi connectivity index (χ1n) is 6.54. The lowest BCUT2D eigenvalue weighted by molar-refractivity contribution is 0.0583. The van der Waals surface area contributed by atoms with Gasteiger partial charge in [-0.3, -0.25) is 4.90 Å². The summed E-state index contributed by atoms with van der Waals surface area (Å²) in [6.45, 7) is 10.7. The van der Waals surface area contributed by atoms with Gasteiger partial charge in [-0.2, -0.15) is 0 Å². The van der Waals surface area contributed by atoms with E-state index in [2.05, 4.69) is 45.0 Å². The minimum absolute atomic E-state index is 0.637. The highest BCUT2D eigenvalue weighted by Gasteiger charge is 2.30. The van der Waals surface area contributed by atoms with E-state index in [1.54, 1.807) is 0 Å². The summed E-state index contributed by atoms with van der Waals surface area (Å²) in [6, 6.07) is 2.05. The van der Waals surface area contributed by atoms with Gasteiger partial charge in [0.2, 0.25) is 0 Å². The van der Waals surface area contributed by atoms with E-state index in [1.807, 2.05) is 0 Å². The van der Waals surface area contributed by atoms with Gasteiger partial charge in [0.05, 0.1) is 0 Å². The Labute approximate surface area is 95.4 Å². The summed E-state index contributed by atoms with van der Waals surface area (Å²) < 4.78 is 0. The zero-order chi connectivity index (χ0) is 11.4. The SMILES string of the molecule is CCC(NC)C(C)N1CCCC(C)C1C. The molecule has 1 aliphatic heterocycles. The number of piperidine rings is 1. The fourth-order valence-corrected chi connectivity index (χ4v) is 2.96. The van der Waals surface area contributed by atoms with Crippen molar-refractivity contribution >= 4 is 0 Å². The van der Waals surface area contributed by atoms with E-state index in [9.17, 15) is 0 Å². The third-order valence-electron chi connectivity index (χ3n) is 4.34. The fraction of sp³-hybridized carbons (Fsp3) is 1.00. The van der Waals surface area contributed by atoms with Gasteiger partial charge >= 0.3 is 0 Å². The van der Waals surface area contributed by atoms with Gasteiger partial charge in [0.1, 0.15) is 0 Å². The molecule has 0 spiro atoms. The Morgan fingerprint density at radius 2 is 2.07 bits per heavy atom. The van der Waals surface area contributed by atoms with Crippen molar-refractivity contribution in [3.8, 4) is 0 Å². The number of nitrogens with zero attached hydrogens (tertiary/aromatic N) is 1. The average molecular weight is 212 g/mol. The molecule has 0 aromatic carbocycles. The van der Waals surface area contributed by atoms with Gasteiger partial charge in [0.15, 0.2) is 0 Å². The van der Waals surface area contributed by atoms with Gasteiger partial charge in [-0.15, -0.1) is 0 Å². The lowest BCUT2D eigenvalue weighted by atomic mass is 9.89. The summed E-state index contributed by atoms with van der Waals surface area (Å²) >= 11 is 0. The van der Waals surface area contributed by atoms with E-state index in [1.165, 1.54) is 25.8 Å². The van der Waals surface area contributed by atoms with E-state index >= 15 is 0 Å². The molecule has 0 aromatic heterocycles. The second-order valence-corrected chi connectivity index (χ2v) is 5.14. The van der Waals surface area contributed by atoms with Gasteiger partial charge in [0, 0.05) is 18.1 Å². The Bertz CT molecular complexity index is 177. The predicted molar refractivity (Wildman–Crippen MR) is 67.2 cm³/mol. The number of hydrogen-bond donors (Lipinski definition) is 1. The molecule has 0 aliphatic carbocycles. The predicted octanol–water partition coefficient (Wildman–Crippen LogP) is 2.49. The second-order valence-electron chi connectivity index (χ2n) is 5.14. The van der Waals surface area contributed by atoms with Crippen LogP contribution in [0.2, 0.25) is 0 Å². The number of nitrogens with one attached hydrogen (secondary N) is 1. The van der Waals surface area contributed by atoms with Gasteiger partial charge in [-0.1, -0.05) is 13.8 Å². The molecule has 2 heteroatoms. The monoisotopic (exact) mass is 212 g/mol. The molecule has 0 radical (unpaired) electrons. The molecule has 4 atom stereocenters. The molecule has 1 rings (SSSR count). The van der Waals surface area contributed by atoms with Crippen molar-refractivity contribution < 1.29 is 0 Å². The van der Waals surface area contributed by atoms with Gasteiger partial charge < -0.3 is 5.32 Å². The summed E-state index contributed by atoms with van der Waals surface area (Å²) in [5, 5.41) is 3.44. The molecular weight excluding hydrogens is 184 g/mol. The van der Waals surface area contributed by atoms with Crippen molar-refractivity contribution in [2.45, 2.75) is 65.1 Å². The lowest BCUT2D eigenvalue weighted by Crippen LogP contribution is -2.54. The van der Waals surface area contributed by atoms with Crippen LogP contribution in [-0.2, 0) is 0 Å². The second kappa shape index (κ2) is 5.86. The smallest absolute Gasteiger partial charge is 0.0223 e. The number of hydrogen-bond acceptors (Lipinski definition) is 2. The summed E-state index contributed by atoms with van der Waals surface area (Å²) in [6.07, 6.45) is 3.99. The first kappa shape index (κ1) is 13.0. The molecule has 1 saturated heterocycles. The van der Waals surface area contributed by atoms with E-state index in [0.29, 0.717) is 12.1 Å². The zero-order valence-electron chi connectivity index (χ0n) is 11.1. The fourth-order valence-electron chi connectivity index (χ4n) is 2.96. The Kier molecular flexibility index (Phi) is 5.07. The van der Waals surface area contributed by atoms with Crippen molar-refractivity contribution in [2.24, 2.45) is 5.92 Å². The van der Waals surface area contributed by atoms with Crippen LogP contribution in [0.15, 0.2) is 0 Å². The average Bonchev–Trinajstić information content (AvgIpc) is 2.23. The molecule has 4 unspecified atom stereocenters. The van der Waals surface area contributed by atoms with Crippen LogP contribution in [-0.4, -0.2) is 36.6 Å². The zero-order valence-corrected chi connectivity index (χ0v) is 11.1. The van der Waals surface area contributed by atoms with E-state index in [4.69, 9.17) is 0 Å². The summed E-state index contributed by atoms with van der Waals surface area (Å²) in [4.78, 5) is 2.69. The minimum Gasteiger partial charge on any atom is -0.315 e. The maximum absolute atomic E-state index is 3.44. The van der Waals surface area contributed by atoms with Crippen molar-refractivity contribution in [1.29, 1.82) is 0 Å². The van der Waals surface area contributed by atoms with Crippen LogP contribution in [0.3, 0.4) is 0 Å². The number of rotatable bonds is 4. The van der Waals surface area contributed by atoms with Crippen LogP contribution in [0.25, 0.3) is 0 Å². The van der Waals surface area contributed by atoms with Crippen LogP contribution >= 0.6 is 0 Å². The van der Waals surface area contributed by atoms with Gasteiger partial charge in [-0.25, -0.2) is 0 Å². The Hall–Kier alpha value is -0.0800. The van der Waals surface area contributed by atoms with E-state index in [-0.39, 0.29) is 0 Å². The molecule has 0 amide bonds. The van der Waals surface area contributed by atoms with E-state index < -0.39 is 0 Å². The van der Waals surface area contributed by atoms with Crippen LogP contribution in [0.1, 0.15) is 47.0 Å². The van der Waals surface area contributed by atoms with Crippen LogP contribution in [0, 0.1) is 5.92 Å². The van der Waals surface area contributed by atoms with E-state index in [0.717, 1.165) is 12.0 Å². The van der Waals surface area contributed by atoms with Crippen molar-refractivity contribution in [1.82, 2.24) is 10.2 Å². The molecule has 0 saturated carbocycles. The summed E-state index contributed by atoms with van der Waals surface area (Å²) in [5.41, 5.74) is 0. The molecule has 0 bridgehead atoms. The first-order chi connectivity index (χ1) is 7.11. The highest BCUT2D eigenvalue weighted by Crippen LogP contribution is 2.25. The van der Waals surface area contributed by atoms with Gasteiger partial charge in [-0.05, 0) is 52.6 Å². The maximum atomic E-state index is 3.44. The molecule has 1 aliphatic rings. The van der Waals surface area contributed by atoms with Crippen molar-refractivity contribution in [2.75, 3.05) is 13.6 Å². The quantitative estimate of drug-likeness (QED) is 0.770. The van der Waals surface area contributed by atoms with Crippen LogP contribution in [0.5, 0.6) is 0 Å². The van der Waals surface area contributed by atoms with Crippen molar-refractivity contribution in [3.63, 3.8) is 0 Å². The number of likely N-dealkylation sites (N-methyl/N-ethyl adjacent to an activating group) is 1. The summed E-state index contributed by atoms with van der Waals surface area (Å²) in [7, 11) is 2.09. The Balaban J connectivity index is 2.60. The van der Waals surface area contributed by atoms with Crippen molar-refractivity contribution in [3.05, 3.63) is 0 Å². The third kappa shape index (κ3) is 2.94. The molecule has 1 fully saturated rings. The molecule has 1 N–H and O–H groups in total. The largest absolute Gasteiger partial charge is 0.315 e. The molecule has 2 nitrogen and oxygen atoms in total. The highest BCUT2D eigenvalue weighted by atomic mass is 15.2. The van der Waals surface area contributed by atoms with Crippen LogP contribution in [0.4, 0.5) is 0 Å². The molecular formula is C13H28N2. The lowest BCUT2D eigenvalue weighted by Gasteiger charge is -2.44. The maximum Gasteiger partial charge on any atom is 0.0223 e. The standard InChI is InChI=1S/C13H28N2/c1-6-13(14-5)12(4)15-9-7-8-10(2)11(15)3/h10-14H,6-9H2,1-5H3. The summed E-state index contributed by atoms with van der Waals surface area (Å²) in [5.74, 6) is 0.857. The third-order valence-corrected chi connectivity index (χ3v) is 4.34.